The average Bonchev–Trinajstić information content (AvgIpc) is 3.05. The normalized spacial score (nSPS) is 10.6. The zero-order chi connectivity index (χ0) is 15.9. The number of thiophene rings is 1. The Balaban J connectivity index is 1.56. The Hall–Kier alpha value is -2.50. The van der Waals surface area contributed by atoms with Crippen LogP contribution < -0.4 is 10.7 Å². The van der Waals surface area contributed by atoms with Gasteiger partial charge in [-0.15, -0.1) is 11.3 Å². The number of hydrogen-bond acceptors (Lipinski definition) is 3. The molecule has 114 valence electrons. The first kappa shape index (κ1) is 15.4. The molecule has 3 nitrogen and oxygen atoms in total. The van der Waals surface area contributed by atoms with Crippen LogP contribution in [0.5, 0.6) is 0 Å². The van der Waals surface area contributed by atoms with E-state index >= 15 is 0 Å². The van der Waals surface area contributed by atoms with Crippen molar-refractivity contribution in [2.24, 2.45) is 5.10 Å². The number of benzene rings is 2. The van der Waals surface area contributed by atoms with Gasteiger partial charge in [-0.2, -0.15) is 5.10 Å². The molecule has 23 heavy (non-hydrogen) atoms. The number of anilines is 1. The van der Waals surface area contributed by atoms with E-state index in [1.807, 2.05) is 54.6 Å². The predicted octanol–water partition coefficient (Wildman–Crippen LogP) is 4.74. The molecule has 0 unspecified atom stereocenters. The fraction of sp³-hybridized carbons (Fsp3) is 0. The van der Waals surface area contributed by atoms with E-state index in [4.69, 9.17) is 12.2 Å². The number of nitrogens with zero attached hydrogens (tertiary/aromatic N) is 1. The molecule has 0 aliphatic rings. The Morgan fingerprint density at radius 1 is 0.913 bits per heavy atom. The first-order valence-electron chi connectivity index (χ1n) is 7.11. The summed E-state index contributed by atoms with van der Waals surface area (Å²) in [7, 11) is 0. The number of rotatable bonds is 4. The lowest BCUT2D eigenvalue weighted by atomic mass is 10.2. The standard InChI is InChI=1S/C18H15N3S2/c22-18(20-15-9-5-2-6-10-15)21-19-13-16-11-12-17(23-16)14-7-3-1-4-8-14/h1-13H,(H2,20,21,22)/b19-13+. The van der Waals surface area contributed by atoms with Crippen LogP contribution in [0.2, 0.25) is 0 Å². The van der Waals surface area contributed by atoms with E-state index in [0.29, 0.717) is 5.11 Å². The van der Waals surface area contributed by atoms with E-state index in [9.17, 15) is 0 Å². The number of thiocarbonyl (C=S) groups is 1. The molecule has 3 rings (SSSR count). The molecule has 5 heteroatoms. The molecule has 0 amide bonds. The van der Waals surface area contributed by atoms with E-state index in [-0.39, 0.29) is 0 Å². The van der Waals surface area contributed by atoms with Crippen molar-refractivity contribution in [3.63, 3.8) is 0 Å². The summed E-state index contributed by atoms with van der Waals surface area (Å²) in [5.74, 6) is 0. The third kappa shape index (κ3) is 4.48. The van der Waals surface area contributed by atoms with Gasteiger partial charge in [-0.1, -0.05) is 48.5 Å². The SMILES string of the molecule is S=C(N/N=C/c1ccc(-c2ccccc2)s1)Nc1ccccc1. The van der Waals surface area contributed by atoms with Gasteiger partial charge in [0.15, 0.2) is 5.11 Å². The van der Waals surface area contributed by atoms with Crippen molar-refractivity contribution in [1.82, 2.24) is 5.43 Å². The molecule has 0 atom stereocenters. The van der Waals surface area contributed by atoms with Crippen LogP contribution in [0.25, 0.3) is 10.4 Å². The van der Waals surface area contributed by atoms with Crippen LogP contribution in [0.15, 0.2) is 77.9 Å². The molecule has 0 aliphatic heterocycles. The molecule has 2 aromatic carbocycles. The Morgan fingerprint density at radius 3 is 2.35 bits per heavy atom. The van der Waals surface area contributed by atoms with E-state index in [2.05, 4.69) is 34.0 Å². The summed E-state index contributed by atoms with van der Waals surface area (Å²) in [4.78, 5) is 2.29. The summed E-state index contributed by atoms with van der Waals surface area (Å²) in [6.07, 6.45) is 1.77. The van der Waals surface area contributed by atoms with Gasteiger partial charge in [-0.05, 0) is 42.0 Å². The summed E-state index contributed by atoms with van der Waals surface area (Å²) in [5.41, 5.74) is 4.97. The predicted molar refractivity (Wildman–Crippen MR) is 103 cm³/mol. The van der Waals surface area contributed by atoms with Gasteiger partial charge in [0.2, 0.25) is 0 Å². The topological polar surface area (TPSA) is 36.4 Å². The lowest BCUT2D eigenvalue weighted by Crippen LogP contribution is -2.23. The third-order valence-electron chi connectivity index (χ3n) is 3.07. The molecule has 0 bridgehead atoms. The van der Waals surface area contributed by atoms with Gasteiger partial charge >= 0.3 is 0 Å². The van der Waals surface area contributed by atoms with Gasteiger partial charge in [0.05, 0.1) is 6.21 Å². The van der Waals surface area contributed by atoms with Crippen LogP contribution in [-0.4, -0.2) is 11.3 Å². The lowest BCUT2D eigenvalue weighted by molar-refractivity contribution is 1.05. The Bertz CT molecular complexity index is 795. The van der Waals surface area contributed by atoms with Gasteiger partial charge < -0.3 is 5.32 Å². The highest BCUT2D eigenvalue weighted by atomic mass is 32.1. The minimum Gasteiger partial charge on any atom is -0.331 e. The summed E-state index contributed by atoms with van der Waals surface area (Å²) in [5, 5.41) is 7.71. The molecule has 0 saturated heterocycles. The largest absolute Gasteiger partial charge is 0.331 e. The van der Waals surface area contributed by atoms with Crippen molar-refractivity contribution < 1.29 is 0 Å². The van der Waals surface area contributed by atoms with Crippen molar-refractivity contribution in [3.8, 4) is 10.4 Å². The third-order valence-corrected chi connectivity index (χ3v) is 4.34. The van der Waals surface area contributed by atoms with Crippen LogP contribution in [-0.2, 0) is 0 Å². The molecule has 0 spiro atoms. The highest BCUT2D eigenvalue weighted by molar-refractivity contribution is 7.80. The maximum Gasteiger partial charge on any atom is 0.191 e. The summed E-state index contributed by atoms with van der Waals surface area (Å²) in [6.45, 7) is 0. The van der Waals surface area contributed by atoms with Crippen molar-refractivity contribution in [3.05, 3.63) is 77.7 Å². The fourth-order valence-electron chi connectivity index (χ4n) is 2.01. The van der Waals surface area contributed by atoms with Gasteiger partial charge in [-0.25, -0.2) is 0 Å². The number of hydrogen-bond donors (Lipinski definition) is 2. The van der Waals surface area contributed by atoms with Gasteiger partial charge in [0.25, 0.3) is 0 Å². The average molecular weight is 337 g/mol. The first-order valence-corrected chi connectivity index (χ1v) is 8.34. The molecular formula is C18H15N3S2. The molecule has 2 N–H and O–H groups in total. The summed E-state index contributed by atoms with van der Waals surface area (Å²) >= 11 is 6.89. The van der Waals surface area contributed by atoms with Crippen molar-refractivity contribution in [2.45, 2.75) is 0 Å². The van der Waals surface area contributed by atoms with E-state index < -0.39 is 0 Å². The van der Waals surface area contributed by atoms with Crippen molar-refractivity contribution in [1.29, 1.82) is 0 Å². The smallest absolute Gasteiger partial charge is 0.191 e. The van der Waals surface area contributed by atoms with E-state index in [1.54, 1.807) is 17.6 Å². The minimum atomic E-state index is 0.465. The van der Waals surface area contributed by atoms with E-state index in [1.165, 1.54) is 10.4 Å². The highest BCUT2D eigenvalue weighted by Crippen LogP contribution is 2.26. The zero-order valence-corrected chi connectivity index (χ0v) is 13.9. The number of para-hydroxylation sites is 1. The van der Waals surface area contributed by atoms with Crippen LogP contribution in [0.3, 0.4) is 0 Å². The second kappa shape index (κ2) is 7.67. The van der Waals surface area contributed by atoms with Gasteiger partial charge in [0.1, 0.15) is 0 Å². The van der Waals surface area contributed by atoms with Crippen LogP contribution in [0.1, 0.15) is 4.88 Å². The molecule has 0 fully saturated rings. The second-order valence-corrected chi connectivity index (χ2v) is 6.28. The fourth-order valence-corrected chi connectivity index (χ4v) is 3.07. The molecule has 1 aromatic heterocycles. The van der Waals surface area contributed by atoms with Crippen LogP contribution >= 0.6 is 23.6 Å². The van der Waals surface area contributed by atoms with Gasteiger partial charge in [-0.3, -0.25) is 5.43 Å². The molecular weight excluding hydrogens is 322 g/mol. The van der Waals surface area contributed by atoms with Crippen molar-refractivity contribution >= 4 is 40.6 Å². The molecule has 0 saturated carbocycles. The summed E-state index contributed by atoms with van der Waals surface area (Å²) < 4.78 is 0. The lowest BCUT2D eigenvalue weighted by Gasteiger charge is -2.05. The van der Waals surface area contributed by atoms with E-state index in [0.717, 1.165) is 10.6 Å². The first-order chi connectivity index (χ1) is 11.3. The molecule has 0 radical (unpaired) electrons. The maximum atomic E-state index is 5.20. The highest BCUT2D eigenvalue weighted by Gasteiger charge is 2.00. The van der Waals surface area contributed by atoms with Crippen LogP contribution in [0, 0.1) is 0 Å². The number of hydrazone groups is 1. The van der Waals surface area contributed by atoms with Crippen molar-refractivity contribution in [2.75, 3.05) is 5.32 Å². The maximum absolute atomic E-state index is 5.20. The van der Waals surface area contributed by atoms with Crippen LogP contribution in [0.4, 0.5) is 5.69 Å². The second-order valence-electron chi connectivity index (χ2n) is 4.76. The molecule has 0 aliphatic carbocycles. The molecule has 1 heterocycles. The quantitative estimate of drug-likeness (QED) is 0.410. The molecule has 3 aromatic rings. The summed E-state index contributed by atoms with van der Waals surface area (Å²) in [6, 6.07) is 24.2. The monoisotopic (exact) mass is 337 g/mol. The Morgan fingerprint density at radius 2 is 1.61 bits per heavy atom. The zero-order valence-electron chi connectivity index (χ0n) is 12.3. The van der Waals surface area contributed by atoms with Gasteiger partial charge in [0, 0.05) is 15.4 Å². The minimum absolute atomic E-state index is 0.465. The Kier molecular flexibility index (Phi) is 5.13. The Labute approximate surface area is 144 Å². The number of nitrogens with one attached hydrogen (secondary N) is 2.